The van der Waals surface area contributed by atoms with Gasteiger partial charge in [-0.2, -0.15) is 0 Å². The summed E-state index contributed by atoms with van der Waals surface area (Å²) in [5.41, 5.74) is 11.6. The van der Waals surface area contributed by atoms with E-state index in [9.17, 15) is 4.79 Å². The number of nitrogens with one attached hydrogen (secondary N) is 1. The molecule has 0 unspecified atom stereocenters. The van der Waals surface area contributed by atoms with Crippen LogP contribution in [-0.2, 0) is 4.79 Å². The van der Waals surface area contributed by atoms with Gasteiger partial charge in [-0.05, 0) is 56.9 Å². The molecule has 1 amide bonds. The molecule has 162 valence electrons. The fourth-order valence-corrected chi connectivity index (χ4v) is 3.64. The van der Waals surface area contributed by atoms with Crippen LogP contribution < -0.4 is 11.1 Å². The van der Waals surface area contributed by atoms with Gasteiger partial charge >= 0.3 is 0 Å². The molecule has 29 heavy (non-hydrogen) atoms. The molecule has 0 bridgehead atoms. The Balaban J connectivity index is 2.58. The zero-order valence-electron chi connectivity index (χ0n) is 19.6. The van der Waals surface area contributed by atoms with Gasteiger partial charge < -0.3 is 11.1 Å². The molecule has 1 aliphatic rings. The van der Waals surface area contributed by atoms with Crippen molar-refractivity contribution in [2.24, 2.45) is 17.1 Å². The Kier molecular flexibility index (Phi) is 10.4. The van der Waals surface area contributed by atoms with Gasteiger partial charge in [0.2, 0.25) is 5.91 Å². The van der Waals surface area contributed by atoms with E-state index < -0.39 is 6.04 Å². The summed E-state index contributed by atoms with van der Waals surface area (Å²) < 4.78 is 0. The van der Waals surface area contributed by atoms with E-state index in [4.69, 9.17) is 5.73 Å². The Hall–Kier alpha value is -1.87. The van der Waals surface area contributed by atoms with Gasteiger partial charge in [0.05, 0.1) is 6.04 Å². The fraction of sp³-hybridized carbons (Fsp3) is 0.577. The summed E-state index contributed by atoms with van der Waals surface area (Å²) in [6, 6.07) is -0.436. The maximum Gasteiger partial charge on any atom is 0.237 e. The van der Waals surface area contributed by atoms with E-state index in [1.54, 1.807) is 0 Å². The second-order valence-corrected chi connectivity index (χ2v) is 9.14. The number of hydrogen-bond acceptors (Lipinski definition) is 2. The predicted molar refractivity (Wildman–Crippen MR) is 127 cm³/mol. The van der Waals surface area contributed by atoms with Gasteiger partial charge in [-0.25, -0.2) is 0 Å². The van der Waals surface area contributed by atoms with E-state index in [2.05, 4.69) is 63.4 Å². The number of amides is 1. The van der Waals surface area contributed by atoms with Crippen LogP contribution in [0, 0.1) is 11.3 Å². The summed E-state index contributed by atoms with van der Waals surface area (Å²) in [5.74, 6) is 0.114. The highest BCUT2D eigenvalue weighted by molar-refractivity contribution is 5.81. The molecule has 3 nitrogen and oxygen atoms in total. The van der Waals surface area contributed by atoms with Crippen molar-refractivity contribution < 1.29 is 4.79 Å². The first kappa shape index (κ1) is 25.2. The third kappa shape index (κ3) is 8.57. The smallest absolute Gasteiger partial charge is 0.237 e. The van der Waals surface area contributed by atoms with Gasteiger partial charge in [-0.1, -0.05) is 87.3 Å². The zero-order chi connectivity index (χ0) is 22.0. The normalized spacial score (nSPS) is 20.4. The number of allylic oxidation sites excluding steroid dienone is 9. The number of nitrogens with two attached hydrogens (primary N) is 1. The van der Waals surface area contributed by atoms with Crippen LogP contribution in [0.2, 0.25) is 0 Å². The Bertz CT molecular complexity index is 704. The standard InChI is InChI=1S/C26H42N2O/c1-8-21(4)24(27)25(29)28-18-16-20(3)12-9-11-19(2)14-15-23-22(5)13-10-17-26(23,6)7/h9,11-12,14-16,21,24H,8,10,13,17-18,27H2,1-7H3,(H,28,29)/t21-,24-/m0/s1. The topological polar surface area (TPSA) is 55.1 Å². The van der Waals surface area contributed by atoms with E-state index in [-0.39, 0.29) is 17.2 Å². The van der Waals surface area contributed by atoms with Crippen LogP contribution in [0.5, 0.6) is 0 Å². The first-order valence-corrected chi connectivity index (χ1v) is 11.0. The average Bonchev–Trinajstić information content (AvgIpc) is 2.65. The maximum absolute atomic E-state index is 12.0. The monoisotopic (exact) mass is 398 g/mol. The van der Waals surface area contributed by atoms with E-state index >= 15 is 0 Å². The van der Waals surface area contributed by atoms with Gasteiger partial charge in [0, 0.05) is 6.54 Å². The van der Waals surface area contributed by atoms with Crippen LogP contribution in [-0.4, -0.2) is 18.5 Å². The van der Waals surface area contributed by atoms with E-state index in [0.29, 0.717) is 6.54 Å². The van der Waals surface area contributed by atoms with Crippen LogP contribution in [0.15, 0.2) is 58.7 Å². The van der Waals surface area contributed by atoms with Gasteiger partial charge in [-0.15, -0.1) is 0 Å². The van der Waals surface area contributed by atoms with Crippen LogP contribution in [0.1, 0.15) is 74.1 Å². The minimum atomic E-state index is -0.436. The van der Waals surface area contributed by atoms with E-state index in [1.807, 2.05) is 26.8 Å². The van der Waals surface area contributed by atoms with Crippen molar-refractivity contribution >= 4 is 5.91 Å². The lowest BCUT2D eigenvalue weighted by Crippen LogP contribution is -2.44. The molecule has 0 saturated carbocycles. The van der Waals surface area contributed by atoms with Crippen molar-refractivity contribution in [3.05, 3.63) is 58.7 Å². The zero-order valence-corrected chi connectivity index (χ0v) is 19.6. The summed E-state index contributed by atoms with van der Waals surface area (Å²) in [4.78, 5) is 12.0. The lowest BCUT2D eigenvalue weighted by atomic mass is 9.72. The van der Waals surface area contributed by atoms with Crippen molar-refractivity contribution in [3.8, 4) is 0 Å². The average molecular weight is 399 g/mol. The van der Waals surface area contributed by atoms with Crippen LogP contribution in [0.25, 0.3) is 0 Å². The molecule has 0 saturated heterocycles. The number of rotatable bonds is 9. The molecule has 0 spiro atoms. The van der Waals surface area contributed by atoms with Crippen molar-refractivity contribution in [1.82, 2.24) is 5.32 Å². The highest BCUT2D eigenvalue weighted by Gasteiger charge is 2.26. The van der Waals surface area contributed by atoms with Crippen LogP contribution in [0.3, 0.4) is 0 Å². The Labute approximate surface area is 178 Å². The molecule has 1 aliphatic carbocycles. The lowest BCUT2D eigenvalue weighted by Gasteiger charge is -2.32. The summed E-state index contributed by atoms with van der Waals surface area (Å²) >= 11 is 0. The van der Waals surface area contributed by atoms with Gasteiger partial charge in [0.15, 0.2) is 0 Å². The molecule has 3 heteroatoms. The molecule has 0 aliphatic heterocycles. The Morgan fingerprint density at radius 2 is 1.93 bits per heavy atom. The third-order valence-corrected chi connectivity index (χ3v) is 6.03. The lowest BCUT2D eigenvalue weighted by molar-refractivity contribution is -0.123. The Morgan fingerprint density at radius 1 is 1.24 bits per heavy atom. The predicted octanol–water partition coefficient (Wildman–Crippen LogP) is 6.01. The number of hydrogen-bond donors (Lipinski definition) is 2. The quantitative estimate of drug-likeness (QED) is 0.467. The van der Waals surface area contributed by atoms with Crippen molar-refractivity contribution in [2.75, 3.05) is 6.54 Å². The molecule has 0 aromatic rings. The third-order valence-electron chi connectivity index (χ3n) is 6.03. The van der Waals surface area contributed by atoms with Crippen LogP contribution >= 0.6 is 0 Å². The summed E-state index contributed by atoms with van der Waals surface area (Å²) in [7, 11) is 0. The highest BCUT2D eigenvalue weighted by Crippen LogP contribution is 2.40. The largest absolute Gasteiger partial charge is 0.351 e. The fourth-order valence-electron chi connectivity index (χ4n) is 3.64. The molecule has 0 fully saturated rings. The van der Waals surface area contributed by atoms with Gasteiger partial charge in [0.25, 0.3) is 0 Å². The summed E-state index contributed by atoms with van der Waals surface area (Å²) in [6.07, 6.45) is 17.4. The first-order chi connectivity index (χ1) is 13.6. The minimum Gasteiger partial charge on any atom is -0.351 e. The van der Waals surface area contributed by atoms with E-state index in [1.165, 1.54) is 36.0 Å². The van der Waals surface area contributed by atoms with Crippen molar-refractivity contribution in [3.63, 3.8) is 0 Å². The molecule has 3 N–H and O–H groups in total. The molecular weight excluding hydrogens is 356 g/mol. The molecule has 0 heterocycles. The molecule has 0 aromatic carbocycles. The minimum absolute atomic E-state index is 0.0801. The van der Waals surface area contributed by atoms with E-state index in [0.717, 1.165) is 12.0 Å². The molecular formula is C26H42N2O. The number of carbonyl (C=O) groups excluding carboxylic acids is 1. The molecule has 0 radical (unpaired) electrons. The summed E-state index contributed by atoms with van der Waals surface area (Å²) in [5, 5.41) is 2.89. The van der Waals surface area contributed by atoms with Crippen molar-refractivity contribution in [2.45, 2.75) is 80.2 Å². The highest BCUT2D eigenvalue weighted by atomic mass is 16.2. The number of carbonyl (C=O) groups is 1. The van der Waals surface area contributed by atoms with Crippen molar-refractivity contribution in [1.29, 1.82) is 0 Å². The summed E-state index contributed by atoms with van der Waals surface area (Å²) in [6.45, 7) is 15.7. The second-order valence-electron chi connectivity index (χ2n) is 9.14. The second kappa shape index (κ2) is 12.0. The maximum atomic E-state index is 12.0. The molecule has 0 aromatic heterocycles. The van der Waals surface area contributed by atoms with Gasteiger partial charge in [0.1, 0.15) is 0 Å². The first-order valence-electron chi connectivity index (χ1n) is 11.0. The molecule has 1 rings (SSSR count). The van der Waals surface area contributed by atoms with Crippen LogP contribution in [0.4, 0.5) is 0 Å². The molecule has 2 atom stereocenters. The Morgan fingerprint density at radius 3 is 2.55 bits per heavy atom. The SMILES string of the molecule is CC[C@H](C)[C@H](N)C(=O)NCC=C(C)C=CC=C(C)C=CC1=C(C)CCCC1(C)C. The van der Waals surface area contributed by atoms with Gasteiger partial charge in [-0.3, -0.25) is 4.79 Å².